The molecule has 0 radical (unpaired) electrons. The third-order valence-corrected chi connectivity index (χ3v) is 2.02. The van der Waals surface area contributed by atoms with Gasteiger partial charge in [-0.15, -0.1) is 5.10 Å². The molecule has 1 amide bonds. The van der Waals surface area contributed by atoms with Crippen LogP contribution in [0.25, 0.3) is 0 Å². The second-order valence-electron chi connectivity index (χ2n) is 3.33. The number of hydrogen-bond acceptors (Lipinski definition) is 4. The van der Waals surface area contributed by atoms with Crippen molar-refractivity contribution in [1.29, 1.82) is 0 Å². The third kappa shape index (κ3) is 3.04. The fourth-order valence-electron chi connectivity index (χ4n) is 1.18. The number of carboxylic acid groups (broad SMARTS) is 1. The SMILES string of the molecule is CCNC(=O)C(C)n1cc(CC(=O)O)nn1. The number of carbonyl (C=O) groups excluding carboxylic acids is 1. The van der Waals surface area contributed by atoms with E-state index in [0.29, 0.717) is 12.2 Å². The van der Waals surface area contributed by atoms with Gasteiger partial charge in [-0.1, -0.05) is 5.21 Å². The van der Waals surface area contributed by atoms with Crippen LogP contribution < -0.4 is 5.32 Å². The van der Waals surface area contributed by atoms with E-state index in [1.807, 2.05) is 6.92 Å². The maximum atomic E-state index is 11.5. The minimum Gasteiger partial charge on any atom is -0.481 e. The predicted octanol–water partition coefficient (Wildman–Crippen LogP) is -0.398. The van der Waals surface area contributed by atoms with Crippen molar-refractivity contribution < 1.29 is 14.7 Å². The summed E-state index contributed by atoms with van der Waals surface area (Å²) in [5.41, 5.74) is 0.337. The lowest BCUT2D eigenvalue weighted by Crippen LogP contribution is -2.31. The first kappa shape index (κ1) is 12.2. The molecule has 0 saturated heterocycles. The van der Waals surface area contributed by atoms with E-state index in [2.05, 4.69) is 15.6 Å². The summed E-state index contributed by atoms with van der Waals surface area (Å²) in [4.78, 5) is 21.9. The highest BCUT2D eigenvalue weighted by Crippen LogP contribution is 2.05. The van der Waals surface area contributed by atoms with Gasteiger partial charge in [0.05, 0.1) is 12.1 Å². The largest absolute Gasteiger partial charge is 0.481 e. The monoisotopic (exact) mass is 226 g/mol. The number of nitrogens with zero attached hydrogens (tertiary/aromatic N) is 3. The van der Waals surface area contributed by atoms with Crippen molar-refractivity contribution in [2.75, 3.05) is 6.54 Å². The van der Waals surface area contributed by atoms with Gasteiger partial charge >= 0.3 is 5.97 Å². The van der Waals surface area contributed by atoms with E-state index >= 15 is 0 Å². The van der Waals surface area contributed by atoms with Gasteiger partial charge in [0.2, 0.25) is 5.91 Å². The summed E-state index contributed by atoms with van der Waals surface area (Å²) in [6.45, 7) is 4.03. The van der Waals surface area contributed by atoms with Crippen LogP contribution in [0.5, 0.6) is 0 Å². The molecule has 0 bridgehead atoms. The normalized spacial score (nSPS) is 12.1. The number of carbonyl (C=O) groups is 2. The van der Waals surface area contributed by atoms with Crippen LogP contribution in [0.1, 0.15) is 25.6 Å². The number of aromatic nitrogens is 3. The molecule has 1 rings (SSSR count). The highest BCUT2D eigenvalue weighted by Gasteiger charge is 2.16. The molecule has 0 aliphatic heterocycles. The van der Waals surface area contributed by atoms with Crippen molar-refractivity contribution >= 4 is 11.9 Å². The molecule has 0 saturated carbocycles. The molecule has 2 N–H and O–H groups in total. The molecule has 16 heavy (non-hydrogen) atoms. The Labute approximate surface area is 92.4 Å². The molecule has 1 aromatic rings. The van der Waals surface area contributed by atoms with Crippen molar-refractivity contribution in [3.05, 3.63) is 11.9 Å². The fourth-order valence-corrected chi connectivity index (χ4v) is 1.18. The average Bonchev–Trinajstić information content (AvgIpc) is 2.64. The van der Waals surface area contributed by atoms with Gasteiger partial charge < -0.3 is 10.4 Å². The zero-order valence-electron chi connectivity index (χ0n) is 9.17. The molecule has 7 heteroatoms. The van der Waals surface area contributed by atoms with Crippen molar-refractivity contribution in [2.45, 2.75) is 26.3 Å². The maximum Gasteiger partial charge on any atom is 0.309 e. The van der Waals surface area contributed by atoms with Crippen molar-refractivity contribution in [1.82, 2.24) is 20.3 Å². The lowest BCUT2D eigenvalue weighted by molar-refractivity contribution is -0.136. The van der Waals surface area contributed by atoms with E-state index in [9.17, 15) is 9.59 Å². The fraction of sp³-hybridized carbons (Fsp3) is 0.556. The molecule has 88 valence electrons. The van der Waals surface area contributed by atoms with E-state index in [4.69, 9.17) is 5.11 Å². The highest BCUT2D eigenvalue weighted by molar-refractivity contribution is 5.79. The maximum absolute atomic E-state index is 11.5. The molecule has 1 heterocycles. The molecule has 0 fully saturated rings. The summed E-state index contributed by atoms with van der Waals surface area (Å²) in [5.74, 6) is -1.15. The van der Waals surface area contributed by atoms with E-state index in [-0.39, 0.29) is 12.3 Å². The molecule has 0 spiro atoms. The first-order valence-corrected chi connectivity index (χ1v) is 4.94. The zero-order chi connectivity index (χ0) is 12.1. The molecule has 1 atom stereocenters. The second-order valence-corrected chi connectivity index (χ2v) is 3.33. The van der Waals surface area contributed by atoms with Gasteiger partial charge in [0.15, 0.2) is 0 Å². The van der Waals surface area contributed by atoms with Gasteiger partial charge in [0.25, 0.3) is 0 Å². The Morgan fingerprint density at radius 2 is 2.31 bits per heavy atom. The minimum absolute atomic E-state index is 0.172. The number of aliphatic carboxylic acids is 1. The summed E-state index contributed by atoms with van der Waals surface area (Å²) >= 11 is 0. The van der Waals surface area contributed by atoms with Gasteiger partial charge in [-0.2, -0.15) is 0 Å². The van der Waals surface area contributed by atoms with Crippen LogP contribution in [-0.2, 0) is 16.0 Å². The average molecular weight is 226 g/mol. The first-order valence-electron chi connectivity index (χ1n) is 4.94. The van der Waals surface area contributed by atoms with Gasteiger partial charge in [-0.25, -0.2) is 4.68 Å². The Morgan fingerprint density at radius 1 is 1.62 bits per heavy atom. The van der Waals surface area contributed by atoms with Gasteiger partial charge in [0.1, 0.15) is 6.04 Å². The molecular weight excluding hydrogens is 212 g/mol. The molecular formula is C9H14N4O3. The van der Waals surface area contributed by atoms with Gasteiger partial charge in [-0.3, -0.25) is 9.59 Å². The quantitative estimate of drug-likeness (QED) is 0.712. The Balaban J connectivity index is 2.69. The van der Waals surface area contributed by atoms with E-state index in [1.54, 1.807) is 6.92 Å². The van der Waals surface area contributed by atoms with E-state index < -0.39 is 12.0 Å². The number of nitrogens with one attached hydrogen (secondary N) is 1. The van der Waals surface area contributed by atoms with Crippen LogP contribution in [0.4, 0.5) is 0 Å². The summed E-state index contributed by atoms with van der Waals surface area (Å²) < 4.78 is 1.35. The molecule has 1 unspecified atom stereocenters. The number of carboxylic acids is 1. The Kier molecular flexibility index (Phi) is 3.98. The smallest absolute Gasteiger partial charge is 0.309 e. The van der Waals surface area contributed by atoms with Crippen molar-refractivity contribution in [3.63, 3.8) is 0 Å². The highest BCUT2D eigenvalue weighted by atomic mass is 16.4. The molecule has 0 aromatic carbocycles. The van der Waals surface area contributed by atoms with Crippen LogP contribution >= 0.6 is 0 Å². The van der Waals surface area contributed by atoms with Gasteiger partial charge in [0, 0.05) is 12.7 Å². The second kappa shape index (κ2) is 5.24. The summed E-state index contributed by atoms with van der Waals surface area (Å²) in [5, 5.41) is 18.6. The molecule has 7 nitrogen and oxygen atoms in total. The van der Waals surface area contributed by atoms with Crippen LogP contribution in [-0.4, -0.2) is 38.5 Å². The summed E-state index contributed by atoms with van der Waals surface area (Å²) in [6, 6.07) is -0.491. The van der Waals surface area contributed by atoms with Gasteiger partial charge in [-0.05, 0) is 13.8 Å². The molecule has 0 aliphatic carbocycles. The number of amides is 1. The van der Waals surface area contributed by atoms with Crippen LogP contribution in [0, 0.1) is 0 Å². The van der Waals surface area contributed by atoms with E-state index in [1.165, 1.54) is 10.9 Å². The minimum atomic E-state index is -0.974. The predicted molar refractivity (Wildman–Crippen MR) is 54.8 cm³/mol. The Hall–Kier alpha value is -1.92. The van der Waals surface area contributed by atoms with Crippen molar-refractivity contribution in [2.24, 2.45) is 0 Å². The lowest BCUT2D eigenvalue weighted by Gasteiger charge is -2.09. The van der Waals surface area contributed by atoms with Crippen LogP contribution in [0.3, 0.4) is 0 Å². The molecule has 0 aliphatic rings. The standard InChI is InChI=1S/C9H14N4O3/c1-3-10-9(16)6(2)13-5-7(11-12-13)4-8(14)15/h5-6H,3-4H2,1-2H3,(H,10,16)(H,14,15). The van der Waals surface area contributed by atoms with Crippen LogP contribution in [0.2, 0.25) is 0 Å². The van der Waals surface area contributed by atoms with Crippen LogP contribution in [0.15, 0.2) is 6.20 Å². The number of hydrogen-bond donors (Lipinski definition) is 2. The van der Waals surface area contributed by atoms with Crippen molar-refractivity contribution in [3.8, 4) is 0 Å². The number of likely N-dealkylation sites (N-methyl/N-ethyl adjacent to an activating group) is 1. The topological polar surface area (TPSA) is 97.1 Å². The Morgan fingerprint density at radius 3 is 2.88 bits per heavy atom. The first-order chi connectivity index (χ1) is 7.54. The summed E-state index contributed by atoms with van der Waals surface area (Å²) in [7, 11) is 0. The third-order valence-electron chi connectivity index (χ3n) is 2.02. The van der Waals surface area contributed by atoms with E-state index in [0.717, 1.165) is 0 Å². The summed E-state index contributed by atoms with van der Waals surface area (Å²) in [6.07, 6.45) is 1.27. The zero-order valence-corrected chi connectivity index (χ0v) is 9.17. The lowest BCUT2D eigenvalue weighted by atomic mass is 10.3. The molecule has 1 aromatic heterocycles. The number of rotatable bonds is 5. The Bertz CT molecular complexity index is 388.